The Bertz CT molecular complexity index is 1020. The summed E-state index contributed by atoms with van der Waals surface area (Å²) in [6.45, 7) is 6.29. The summed E-state index contributed by atoms with van der Waals surface area (Å²) >= 11 is 0. The lowest BCUT2D eigenvalue weighted by atomic mass is 10.1. The van der Waals surface area contributed by atoms with Gasteiger partial charge in [0, 0.05) is 13.1 Å². The molecule has 2 amide bonds. The van der Waals surface area contributed by atoms with Gasteiger partial charge in [0.15, 0.2) is 0 Å². The number of hydrogen-bond donors (Lipinski definition) is 1. The van der Waals surface area contributed by atoms with Gasteiger partial charge in [0.05, 0.1) is 11.9 Å². The summed E-state index contributed by atoms with van der Waals surface area (Å²) in [6, 6.07) is 15.8. The molecule has 0 bridgehead atoms. The summed E-state index contributed by atoms with van der Waals surface area (Å²) in [7, 11) is -3.72. The number of sulfonamides is 1. The van der Waals surface area contributed by atoms with Crippen LogP contribution in [0.5, 0.6) is 0 Å². The molecule has 2 aromatic carbocycles. The lowest BCUT2D eigenvalue weighted by Crippen LogP contribution is -2.52. The third kappa shape index (κ3) is 7.87. The van der Waals surface area contributed by atoms with E-state index in [-0.39, 0.29) is 19.0 Å². The zero-order valence-corrected chi connectivity index (χ0v) is 21.5. The van der Waals surface area contributed by atoms with Crippen LogP contribution in [0.25, 0.3) is 0 Å². The topological polar surface area (TPSA) is 86.8 Å². The molecule has 0 saturated carbocycles. The van der Waals surface area contributed by atoms with Crippen molar-refractivity contribution in [1.29, 1.82) is 0 Å². The molecule has 0 radical (unpaired) electrons. The van der Waals surface area contributed by atoms with Gasteiger partial charge in [-0.05, 0) is 42.5 Å². The number of benzene rings is 2. The van der Waals surface area contributed by atoms with Gasteiger partial charge in [-0.25, -0.2) is 8.42 Å². The van der Waals surface area contributed by atoms with E-state index in [9.17, 15) is 18.0 Å². The molecule has 8 heteroatoms. The van der Waals surface area contributed by atoms with Crippen LogP contribution >= 0.6 is 0 Å². The molecule has 0 aliphatic rings. The van der Waals surface area contributed by atoms with Crippen LogP contribution in [-0.4, -0.2) is 50.5 Å². The van der Waals surface area contributed by atoms with Gasteiger partial charge in [-0.2, -0.15) is 0 Å². The van der Waals surface area contributed by atoms with Crippen molar-refractivity contribution < 1.29 is 18.0 Å². The van der Waals surface area contributed by atoms with Gasteiger partial charge in [-0.1, -0.05) is 69.7 Å². The lowest BCUT2D eigenvalue weighted by Gasteiger charge is -2.33. The summed E-state index contributed by atoms with van der Waals surface area (Å²) in [4.78, 5) is 28.0. The van der Waals surface area contributed by atoms with Gasteiger partial charge in [-0.15, -0.1) is 0 Å². The Morgan fingerprint density at radius 2 is 1.59 bits per heavy atom. The first-order valence-electron chi connectivity index (χ1n) is 11.9. The maximum absolute atomic E-state index is 13.6. The molecular formula is C26H37N3O4S. The number of rotatable bonds is 13. The fourth-order valence-corrected chi connectivity index (χ4v) is 4.57. The minimum atomic E-state index is -3.72. The monoisotopic (exact) mass is 487 g/mol. The molecule has 7 nitrogen and oxygen atoms in total. The fraction of sp³-hybridized carbons (Fsp3) is 0.462. The first-order valence-corrected chi connectivity index (χ1v) is 13.7. The number of amides is 2. The van der Waals surface area contributed by atoms with Crippen LogP contribution in [0.15, 0.2) is 54.6 Å². The number of aryl methyl sites for hydroxylation is 1. The Balaban J connectivity index is 2.36. The van der Waals surface area contributed by atoms with E-state index in [2.05, 4.69) is 5.32 Å². The van der Waals surface area contributed by atoms with Gasteiger partial charge in [0.25, 0.3) is 0 Å². The molecule has 0 saturated heterocycles. The largest absolute Gasteiger partial charge is 0.354 e. The number of carbonyl (C=O) groups excluding carboxylic acids is 2. The molecule has 0 aliphatic heterocycles. The first kappa shape index (κ1) is 27.4. The molecule has 34 heavy (non-hydrogen) atoms. The van der Waals surface area contributed by atoms with Crippen LogP contribution in [0.3, 0.4) is 0 Å². The smallest absolute Gasteiger partial charge is 0.244 e. The molecule has 0 aromatic heterocycles. The van der Waals surface area contributed by atoms with Crippen molar-refractivity contribution in [2.45, 2.75) is 59.0 Å². The second-order valence-corrected chi connectivity index (χ2v) is 10.3. The highest BCUT2D eigenvalue weighted by atomic mass is 32.2. The third-order valence-electron chi connectivity index (χ3n) is 5.72. The van der Waals surface area contributed by atoms with Gasteiger partial charge in [0.1, 0.15) is 12.6 Å². The SMILES string of the molecule is CCCCNC(=O)C(CC)N(Cc1ccccc1)C(=O)CN(c1ccc(CC)cc1)S(C)(=O)=O. The Hall–Kier alpha value is -2.87. The van der Waals surface area contributed by atoms with E-state index < -0.39 is 22.0 Å². The van der Waals surface area contributed by atoms with E-state index >= 15 is 0 Å². The average Bonchev–Trinajstić information content (AvgIpc) is 2.82. The second-order valence-electron chi connectivity index (χ2n) is 8.37. The van der Waals surface area contributed by atoms with E-state index in [0.717, 1.165) is 41.0 Å². The highest BCUT2D eigenvalue weighted by molar-refractivity contribution is 7.92. The molecule has 0 heterocycles. The van der Waals surface area contributed by atoms with Gasteiger partial charge in [0.2, 0.25) is 21.8 Å². The average molecular weight is 488 g/mol. The van der Waals surface area contributed by atoms with Crippen molar-refractivity contribution in [3.63, 3.8) is 0 Å². The van der Waals surface area contributed by atoms with E-state index in [0.29, 0.717) is 18.7 Å². The molecule has 1 N–H and O–H groups in total. The van der Waals surface area contributed by atoms with E-state index in [1.54, 1.807) is 12.1 Å². The molecule has 0 spiro atoms. The van der Waals surface area contributed by atoms with E-state index in [1.165, 1.54) is 4.90 Å². The minimum absolute atomic E-state index is 0.214. The molecule has 2 aromatic rings. The summed E-state index contributed by atoms with van der Waals surface area (Å²) < 4.78 is 26.4. The van der Waals surface area contributed by atoms with Gasteiger partial charge >= 0.3 is 0 Å². The highest BCUT2D eigenvalue weighted by Crippen LogP contribution is 2.20. The fourth-order valence-electron chi connectivity index (χ4n) is 3.72. The number of hydrogen-bond acceptors (Lipinski definition) is 4. The maximum atomic E-state index is 13.6. The normalized spacial score (nSPS) is 12.1. The zero-order chi connectivity index (χ0) is 25.1. The van der Waals surface area contributed by atoms with Crippen LogP contribution in [0.4, 0.5) is 5.69 Å². The Kier molecular flexibility index (Phi) is 10.6. The Labute approximate surface area is 204 Å². The third-order valence-corrected chi connectivity index (χ3v) is 6.86. The van der Waals surface area contributed by atoms with Gasteiger partial charge in [-0.3, -0.25) is 13.9 Å². The summed E-state index contributed by atoms with van der Waals surface area (Å²) in [5.41, 5.74) is 2.37. The molecule has 1 unspecified atom stereocenters. The minimum Gasteiger partial charge on any atom is -0.354 e. The molecule has 2 rings (SSSR count). The quantitative estimate of drug-likeness (QED) is 0.436. The molecular weight excluding hydrogens is 450 g/mol. The molecule has 0 fully saturated rings. The zero-order valence-electron chi connectivity index (χ0n) is 20.7. The van der Waals surface area contributed by atoms with Gasteiger partial charge < -0.3 is 10.2 Å². The Morgan fingerprint density at radius 1 is 0.941 bits per heavy atom. The van der Waals surface area contributed by atoms with Crippen LogP contribution in [0.2, 0.25) is 0 Å². The second kappa shape index (κ2) is 13.1. The van der Waals surface area contributed by atoms with Crippen LogP contribution < -0.4 is 9.62 Å². The number of nitrogens with zero attached hydrogens (tertiary/aromatic N) is 2. The predicted octanol–water partition coefficient (Wildman–Crippen LogP) is 3.74. The van der Waals surface area contributed by atoms with E-state index in [4.69, 9.17) is 0 Å². The molecule has 0 aliphatic carbocycles. The van der Waals surface area contributed by atoms with E-state index in [1.807, 2.05) is 63.2 Å². The van der Waals surface area contributed by atoms with Crippen LogP contribution in [0.1, 0.15) is 51.2 Å². The first-order chi connectivity index (χ1) is 16.2. The van der Waals surface area contributed by atoms with Crippen molar-refractivity contribution in [3.8, 4) is 0 Å². The van der Waals surface area contributed by atoms with Crippen molar-refractivity contribution >= 4 is 27.5 Å². The number of nitrogens with one attached hydrogen (secondary N) is 1. The number of anilines is 1. The van der Waals surface area contributed by atoms with Crippen molar-refractivity contribution in [1.82, 2.24) is 10.2 Å². The van der Waals surface area contributed by atoms with Crippen molar-refractivity contribution in [2.75, 3.05) is 23.7 Å². The standard InChI is InChI=1S/C26H37N3O4S/c1-5-8-18-27-26(31)24(7-3)28(19-22-12-10-9-11-13-22)25(30)20-29(34(4,32)33)23-16-14-21(6-2)15-17-23/h9-17,24H,5-8,18-20H2,1-4H3,(H,27,31). The number of unbranched alkanes of at least 4 members (excludes halogenated alkanes) is 1. The number of carbonyl (C=O) groups is 2. The maximum Gasteiger partial charge on any atom is 0.244 e. The predicted molar refractivity (Wildman–Crippen MR) is 137 cm³/mol. The van der Waals surface area contributed by atoms with Crippen molar-refractivity contribution in [3.05, 3.63) is 65.7 Å². The lowest BCUT2D eigenvalue weighted by molar-refractivity contribution is -0.140. The van der Waals surface area contributed by atoms with Crippen molar-refractivity contribution in [2.24, 2.45) is 0 Å². The highest BCUT2D eigenvalue weighted by Gasteiger charge is 2.31. The summed E-state index contributed by atoms with van der Waals surface area (Å²) in [6.07, 6.45) is 4.13. The molecule has 1 atom stereocenters. The van der Waals surface area contributed by atoms with Crippen LogP contribution in [-0.2, 0) is 32.6 Å². The summed E-state index contributed by atoms with van der Waals surface area (Å²) in [5.74, 6) is -0.648. The Morgan fingerprint density at radius 3 is 2.12 bits per heavy atom. The molecule has 186 valence electrons. The van der Waals surface area contributed by atoms with Crippen LogP contribution in [0, 0.1) is 0 Å². The summed E-state index contributed by atoms with van der Waals surface area (Å²) in [5, 5.41) is 2.92.